The van der Waals surface area contributed by atoms with Crippen molar-refractivity contribution in [3.63, 3.8) is 0 Å². The predicted molar refractivity (Wildman–Crippen MR) is 100 cm³/mol. The summed E-state index contributed by atoms with van der Waals surface area (Å²) in [5, 5.41) is 13.3. The van der Waals surface area contributed by atoms with Crippen molar-refractivity contribution in [2.24, 2.45) is 0 Å². The first kappa shape index (κ1) is 17.0. The Morgan fingerprint density at radius 3 is 2.42 bits per heavy atom. The van der Waals surface area contributed by atoms with E-state index in [1.165, 1.54) is 56.1 Å². The van der Waals surface area contributed by atoms with Crippen molar-refractivity contribution in [3.8, 4) is 5.75 Å². The van der Waals surface area contributed by atoms with E-state index in [0.29, 0.717) is 17.7 Å². The molecule has 2 N–H and O–H groups in total. The highest BCUT2D eigenvalue weighted by molar-refractivity contribution is 5.29. The van der Waals surface area contributed by atoms with Gasteiger partial charge in [-0.05, 0) is 67.8 Å². The molecule has 1 fully saturated rings. The van der Waals surface area contributed by atoms with Crippen LogP contribution in [-0.2, 0) is 6.42 Å². The molecule has 2 heteroatoms. The molecule has 2 aromatic rings. The molecule has 2 atom stereocenters. The van der Waals surface area contributed by atoms with Gasteiger partial charge >= 0.3 is 0 Å². The third-order valence-corrected chi connectivity index (χ3v) is 5.23. The number of hydrogen-bond donors (Lipinski definition) is 2. The number of nitrogens with one attached hydrogen (secondary N) is 1. The summed E-state index contributed by atoms with van der Waals surface area (Å²) in [6.45, 7) is 1.10. The predicted octanol–water partition coefficient (Wildman–Crippen LogP) is 5.03. The number of benzene rings is 2. The van der Waals surface area contributed by atoms with Crippen molar-refractivity contribution in [2.45, 2.75) is 56.9 Å². The minimum atomic E-state index is 0.361. The Labute approximate surface area is 145 Å². The van der Waals surface area contributed by atoms with Crippen molar-refractivity contribution < 1.29 is 5.11 Å². The van der Waals surface area contributed by atoms with E-state index in [1.807, 2.05) is 12.1 Å². The smallest absolute Gasteiger partial charge is 0.115 e. The zero-order valence-electron chi connectivity index (χ0n) is 14.5. The van der Waals surface area contributed by atoms with E-state index in [-0.39, 0.29) is 0 Å². The van der Waals surface area contributed by atoms with Gasteiger partial charge in [-0.1, -0.05) is 55.3 Å². The molecule has 1 aliphatic carbocycles. The number of unbranched alkanes of at least 4 members (excludes halogenated alkanes) is 1. The molecular weight excluding hydrogens is 294 g/mol. The zero-order chi connectivity index (χ0) is 16.6. The molecule has 0 amide bonds. The van der Waals surface area contributed by atoms with E-state index in [0.717, 1.165) is 6.54 Å². The lowest BCUT2D eigenvalue weighted by Gasteiger charge is -2.33. The molecule has 0 aliphatic heterocycles. The number of rotatable bonds is 7. The van der Waals surface area contributed by atoms with Gasteiger partial charge in [0.15, 0.2) is 0 Å². The van der Waals surface area contributed by atoms with Gasteiger partial charge in [0.05, 0.1) is 0 Å². The first-order chi connectivity index (χ1) is 11.8. The molecule has 0 heterocycles. The molecule has 2 nitrogen and oxygen atoms in total. The van der Waals surface area contributed by atoms with Crippen LogP contribution in [0.25, 0.3) is 0 Å². The lowest BCUT2D eigenvalue weighted by atomic mass is 9.80. The number of phenolic OH excluding ortho intramolecular Hbond substituents is 1. The van der Waals surface area contributed by atoms with Crippen LogP contribution in [0, 0.1) is 0 Å². The van der Waals surface area contributed by atoms with Crippen molar-refractivity contribution in [3.05, 3.63) is 65.7 Å². The Bertz CT molecular complexity index is 593. The molecule has 1 aliphatic rings. The van der Waals surface area contributed by atoms with Crippen molar-refractivity contribution >= 4 is 0 Å². The van der Waals surface area contributed by atoms with Gasteiger partial charge in [0.1, 0.15) is 5.75 Å². The summed E-state index contributed by atoms with van der Waals surface area (Å²) >= 11 is 0. The molecule has 0 bridgehead atoms. The van der Waals surface area contributed by atoms with E-state index in [4.69, 9.17) is 0 Å². The van der Waals surface area contributed by atoms with E-state index in [2.05, 4.69) is 47.8 Å². The first-order valence-corrected chi connectivity index (χ1v) is 9.39. The van der Waals surface area contributed by atoms with Gasteiger partial charge in [-0.3, -0.25) is 0 Å². The molecule has 0 aromatic heterocycles. The summed E-state index contributed by atoms with van der Waals surface area (Å²) in [7, 11) is 0. The first-order valence-electron chi connectivity index (χ1n) is 9.39. The van der Waals surface area contributed by atoms with Gasteiger partial charge in [-0.15, -0.1) is 0 Å². The third-order valence-electron chi connectivity index (χ3n) is 5.23. The zero-order valence-corrected chi connectivity index (χ0v) is 14.5. The van der Waals surface area contributed by atoms with E-state index in [1.54, 1.807) is 0 Å². The molecule has 128 valence electrons. The molecule has 2 aromatic carbocycles. The lowest BCUT2D eigenvalue weighted by Crippen LogP contribution is -2.37. The van der Waals surface area contributed by atoms with E-state index in [9.17, 15) is 5.11 Å². The summed E-state index contributed by atoms with van der Waals surface area (Å²) in [5.41, 5.74) is 2.81. The number of phenols is 1. The fraction of sp³-hybridized carbons (Fsp3) is 0.455. The number of aromatic hydroxyl groups is 1. The number of hydrogen-bond acceptors (Lipinski definition) is 2. The van der Waals surface area contributed by atoms with Crippen LogP contribution in [0.15, 0.2) is 54.6 Å². The molecule has 2 unspecified atom stereocenters. The highest BCUT2D eigenvalue weighted by Crippen LogP contribution is 2.33. The molecule has 0 saturated heterocycles. The van der Waals surface area contributed by atoms with Crippen molar-refractivity contribution in [1.82, 2.24) is 5.32 Å². The SMILES string of the molecule is Oc1ccc(C2CCCCC2NCCCCc2ccccc2)cc1. The van der Waals surface area contributed by atoms with Crippen LogP contribution in [0.4, 0.5) is 0 Å². The lowest BCUT2D eigenvalue weighted by molar-refractivity contribution is 0.325. The monoisotopic (exact) mass is 323 g/mol. The fourth-order valence-corrected chi connectivity index (χ4v) is 3.88. The second-order valence-electron chi connectivity index (χ2n) is 6.99. The number of aryl methyl sites for hydroxylation is 1. The van der Waals surface area contributed by atoms with Gasteiger partial charge in [0, 0.05) is 6.04 Å². The molecule has 0 radical (unpaired) electrons. The van der Waals surface area contributed by atoms with Crippen LogP contribution < -0.4 is 5.32 Å². The maximum Gasteiger partial charge on any atom is 0.115 e. The summed E-state index contributed by atoms with van der Waals surface area (Å²) in [4.78, 5) is 0. The van der Waals surface area contributed by atoms with Gasteiger partial charge in [0.25, 0.3) is 0 Å². The van der Waals surface area contributed by atoms with Crippen molar-refractivity contribution in [1.29, 1.82) is 0 Å². The van der Waals surface area contributed by atoms with Crippen LogP contribution in [0.2, 0.25) is 0 Å². The Morgan fingerprint density at radius 2 is 1.62 bits per heavy atom. The van der Waals surface area contributed by atoms with E-state index < -0.39 is 0 Å². The Balaban J connectivity index is 1.45. The second kappa shape index (κ2) is 8.89. The summed E-state index contributed by atoms with van der Waals surface area (Å²) in [6, 6.07) is 19.2. The highest BCUT2D eigenvalue weighted by Gasteiger charge is 2.25. The normalized spacial score (nSPS) is 20.8. The maximum atomic E-state index is 9.50. The Kier molecular flexibility index (Phi) is 6.31. The second-order valence-corrected chi connectivity index (χ2v) is 6.99. The van der Waals surface area contributed by atoms with Crippen molar-refractivity contribution in [2.75, 3.05) is 6.54 Å². The van der Waals surface area contributed by atoms with Crippen LogP contribution in [0.5, 0.6) is 5.75 Å². The largest absolute Gasteiger partial charge is 0.508 e. The van der Waals surface area contributed by atoms with Crippen LogP contribution in [-0.4, -0.2) is 17.7 Å². The molecule has 3 rings (SSSR count). The minimum absolute atomic E-state index is 0.361. The maximum absolute atomic E-state index is 9.50. The third kappa shape index (κ3) is 4.85. The Morgan fingerprint density at radius 1 is 0.875 bits per heavy atom. The average molecular weight is 323 g/mol. The molecular formula is C22H29NO. The van der Waals surface area contributed by atoms with E-state index >= 15 is 0 Å². The summed E-state index contributed by atoms with van der Waals surface area (Å²) in [6.07, 6.45) is 8.82. The Hall–Kier alpha value is -1.80. The van der Waals surface area contributed by atoms with Gasteiger partial charge < -0.3 is 10.4 Å². The van der Waals surface area contributed by atoms with Crippen LogP contribution in [0.1, 0.15) is 55.6 Å². The minimum Gasteiger partial charge on any atom is -0.508 e. The summed E-state index contributed by atoms with van der Waals surface area (Å²) in [5.74, 6) is 0.952. The van der Waals surface area contributed by atoms with Gasteiger partial charge in [-0.25, -0.2) is 0 Å². The highest BCUT2D eigenvalue weighted by atomic mass is 16.3. The van der Waals surface area contributed by atoms with Crippen LogP contribution in [0.3, 0.4) is 0 Å². The average Bonchev–Trinajstić information content (AvgIpc) is 2.63. The summed E-state index contributed by atoms with van der Waals surface area (Å²) < 4.78 is 0. The molecule has 1 saturated carbocycles. The topological polar surface area (TPSA) is 32.3 Å². The standard InChI is InChI=1S/C22H29NO/c24-20-15-13-19(14-16-20)21-11-4-5-12-22(21)23-17-7-6-10-18-8-2-1-3-9-18/h1-3,8-9,13-16,21-24H,4-7,10-12,17H2. The quantitative estimate of drug-likeness (QED) is 0.700. The fourth-order valence-electron chi connectivity index (χ4n) is 3.88. The molecule has 0 spiro atoms. The van der Waals surface area contributed by atoms with Crippen LogP contribution >= 0.6 is 0 Å². The van der Waals surface area contributed by atoms with Gasteiger partial charge in [0.2, 0.25) is 0 Å². The van der Waals surface area contributed by atoms with Gasteiger partial charge in [-0.2, -0.15) is 0 Å². The molecule has 24 heavy (non-hydrogen) atoms.